The van der Waals surface area contributed by atoms with Crippen LogP contribution in [0.3, 0.4) is 0 Å². The van der Waals surface area contributed by atoms with E-state index in [1.807, 2.05) is 50.1 Å². The second-order valence-corrected chi connectivity index (χ2v) is 12.8. The van der Waals surface area contributed by atoms with E-state index in [0.717, 1.165) is 66.4 Å². The molecule has 0 saturated carbocycles. The first-order valence-corrected chi connectivity index (χ1v) is 16.6. The Morgan fingerprint density at radius 2 is 1.66 bits per heavy atom. The average Bonchev–Trinajstić information content (AvgIpc) is 3.55. The van der Waals surface area contributed by atoms with Gasteiger partial charge in [0.05, 0.1) is 18.3 Å². The highest BCUT2D eigenvalue weighted by Crippen LogP contribution is 2.36. The van der Waals surface area contributed by atoms with E-state index in [9.17, 15) is 9.59 Å². The van der Waals surface area contributed by atoms with Crippen LogP contribution in [0.2, 0.25) is 0 Å². The molecule has 8 nitrogen and oxygen atoms in total. The van der Waals surface area contributed by atoms with Gasteiger partial charge in [-0.15, -0.1) is 0 Å². The van der Waals surface area contributed by atoms with Crippen molar-refractivity contribution in [2.45, 2.75) is 59.0 Å². The normalized spacial score (nSPS) is 14.3. The van der Waals surface area contributed by atoms with Crippen molar-refractivity contribution in [2.75, 3.05) is 32.8 Å². The Balaban J connectivity index is 1.30. The molecule has 246 valence electrons. The third kappa shape index (κ3) is 9.12. The molecule has 4 aromatic rings. The molecule has 0 aliphatic carbocycles. The van der Waals surface area contributed by atoms with Crippen molar-refractivity contribution in [1.82, 2.24) is 20.0 Å². The minimum absolute atomic E-state index is 0.0122. The van der Waals surface area contributed by atoms with Crippen molar-refractivity contribution >= 4 is 34.0 Å². The molecule has 47 heavy (non-hydrogen) atoms. The molecule has 0 atom stereocenters. The second-order valence-electron chi connectivity index (χ2n) is 12.8. The van der Waals surface area contributed by atoms with E-state index in [1.165, 1.54) is 11.1 Å². The molecule has 5 rings (SSSR count). The number of piperidine rings is 1. The number of allylic oxidation sites excluding steroid dienone is 1. The molecule has 1 N–H and O–H groups in total. The zero-order valence-electron chi connectivity index (χ0n) is 28.0. The van der Waals surface area contributed by atoms with Gasteiger partial charge < -0.3 is 19.3 Å². The van der Waals surface area contributed by atoms with E-state index < -0.39 is 11.7 Å². The van der Waals surface area contributed by atoms with Gasteiger partial charge in [-0.25, -0.2) is 4.79 Å². The number of likely N-dealkylation sites (tertiary alicyclic amines) is 1. The molecule has 0 bridgehead atoms. The van der Waals surface area contributed by atoms with E-state index in [2.05, 4.69) is 71.7 Å². The number of aromatic nitrogens is 2. The van der Waals surface area contributed by atoms with E-state index in [0.29, 0.717) is 12.3 Å². The third-order valence-corrected chi connectivity index (χ3v) is 8.19. The Kier molecular flexibility index (Phi) is 11.1. The fraction of sp³-hybridized carbons (Fsp3) is 0.359. The number of nitrogens with zero attached hydrogens (tertiary/aromatic N) is 3. The molecule has 2 amide bonds. The molecule has 0 spiro atoms. The zero-order valence-corrected chi connectivity index (χ0v) is 28.0. The number of benzene rings is 3. The standard InChI is InChI=1S/C39H46N4O4/c1-5-34(29-13-8-6-9-14-29)37(31-18-21-35-32(27-31)28-40-41-35)30-16-19-33(20-17-30)46-26-25-43(38(45)47-39(2,3)4)24-12-15-36(44)42-22-10-7-11-23-42/h6,8-9,12-21,27-28H,5,7,10-11,22-26H2,1-4H3,(H,40,41)/b15-12+,37-34+. The number of aromatic amines is 1. The lowest BCUT2D eigenvalue weighted by Crippen LogP contribution is -2.39. The van der Waals surface area contributed by atoms with E-state index in [-0.39, 0.29) is 19.1 Å². The predicted molar refractivity (Wildman–Crippen MR) is 188 cm³/mol. The number of rotatable bonds is 11. The van der Waals surface area contributed by atoms with Crippen LogP contribution in [0.5, 0.6) is 5.75 Å². The third-order valence-electron chi connectivity index (χ3n) is 8.19. The summed E-state index contributed by atoms with van der Waals surface area (Å²) in [4.78, 5) is 29.1. The molecule has 1 aliphatic heterocycles. The lowest BCUT2D eigenvalue weighted by Gasteiger charge is -2.27. The van der Waals surface area contributed by atoms with Gasteiger partial charge in [-0.3, -0.25) is 9.89 Å². The summed E-state index contributed by atoms with van der Waals surface area (Å²) >= 11 is 0. The number of carbonyl (C=O) groups excluding carboxylic acids is 2. The molecule has 0 unspecified atom stereocenters. The van der Waals surface area contributed by atoms with E-state index in [1.54, 1.807) is 17.1 Å². The van der Waals surface area contributed by atoms with Crippen molar-refractivity contribution in [3.63, 3.8) is 0 Å². The van der Waals surface area contributed by atoms with Gasteiger partial charge in [0.15, 0.2) is 0 Å². The molecular weight excluding hydrogens is 588 g/mol. The number of H-pyrrole nitrogens is 1. The maximum atomic E-state index is 13.0. The summed E-state index contributed by atoms with van der Waals surface area (Å²) in [6.07, 6.45) is 8.81. The Morgan fingerprint density at radius 3 is 2.36 bits per heavy atom. The van der Waals surface area contributed by atoms with E-state index in [4.69, 9.17) is 9.47 Å². The van der Waals surface area contributed by atoms with E-state index >= 15 is 0 Å². The first kappa shape index (κ1) is 33.5. The number of amides is 2. The van der Waals surface area contributed by atoms with Crippen molar-refractivity contribution in [3.05, 3.63) is 108 Å². The van der Waals surface area contributed by atoms with Crippen LogP contribution < -0.4 is 4.74 Å². The highest BCUT2D eigenvalue weighted by molar-refractivity contribution is 6.00. The first-order chi connectivity index (χ1) is 22.7. The number of ether oxygens (including phenoxy) is 2. The van der Waals surface area contributed by atoms with Crippen LogP contribution in [0.1, 0.15) is 70.1 Å². The van der Waals surface area contributed by atoms with Crippen LogP contribution >= 0.6 is 0 Å². The quantitative estimate of drug-likeness (QED) is 0.133. The maximum absolute atomic E-state index is 13.0. The lowest BCUT2D eigenvalue weighted by atomic mass is 9.88. The predicted octanol–water partition coefficient (Wildman–Crippen LogP) is 8.12. The van der Waals surface area contributed by atoms with Crippen LogP contribution in [0.4, 0.5) is 4.79 Å². The largest absolute Gasteiger partial charge is 0.492 e. The minimum atomic E-state index is -0.635. The number of hydrogen-bond acceptors (Lipinski definition) is 5. The molecule has 1 saturated heterocycles. The van der Waals surface area contributed by atoms with Crippen molar-refractivity contribution < 1.29 is 19.1 Å². The van der Waals surface area contributed by atoms with Gasteiger partial charge in [-0.1, -0.05) is 61.5 Å². The summed E-state index contributed by atoms with van der Waals surface area (Å²) in [7, 11) is 0. The number of hydrogen-bond donors (Lipinski definition) is 1. The van der Waals surface area contributed by atoms with Crippen molar-refractivity contribution in [1.29, 1.82) is 0 Å². The molecule has 1 fully saturated rings. The highest BCUT2D eigenvalue weighted by Gasteiger charge is 2.22. The summed E-state index contributed by atoms with van der Waals surface area (Å²) in [6.45, 7) is 10.1. The highest BCUT2D eigenvalue weighted by atomic mass is 16.6. The van der Waals surface area contributed by atoms with Crippen molar-refractivity contribution in [2.24, 2.45) is 0 Å². The molecule has 2 heterocycles. The molecule has 8 heteroatoms. The molecule has 1 aliphatic rings. The van der Waals surface area contributed by atoms with Gasteiger partial charge in [0, 0.05) is 31.1 Å². The van der Waals surface area contributed by atoms with Gasteiger partial charge in [-0.2, -0.15) is 5.10 Å². The summed E-state index contributed by atoms with van der Waals surface area (Å²) in [5.74, 6) is 0.692. The lowest BCUT2D eigenvalue weighted by molar-refractivity contribution is -0.126. The molecule has 0 radical (unpaired) electrons. The van der Waals surface area contributed by atoms with Crippen LogP contribution in [0.15, 0.2) is 91.1 Å². The topological polar surface area (TPSA) is 87.8 Å². The average molecular weight is 635 g/mol. The van der Waals surface area contributed by atoms with Gasteiger partial charge in [-0.05, 0) is 98.6 Å². The Morgan fingerprint density at radius 1 is 0.936 bits per heavy atom. The Hall–Kier alpha value is -4.85. The first-order valence-electron chi connectivity index (χ1n) is 16.6. The SMILES string of the molecule is CC/C(=C(/c1ccc(OCCN(C/C=C/C(=O)N2CCCCC2)C(=O)OC(C)(C)C)cc1)c1ccc2[nH]ncc2c1)c1ccccc1. The molecule has 1 aromatic heterocycles. The number of carbonyl (C=O) groups is 2. The molecule has 3 aromatic carbocycles. The Bertz CT molecular complexity index is 1690. The smallest absolute Gasteiger partial charge is 0.410 e. The van der Waals surface area contributed by atoms with Gasteiger partial charge in [0.25, 0.3) is 0 Å². The monoisotopic (exact) mass is 634 g/mol. The van der Waals surface area contributed by atoms with Crippen LogP contribution in [-0.4, -0.2) is 70.4 Å². The summed E-state index contributed by atoms with van der Waals surface area (Å²) in [5, 5.41) is 8.32. The summed E-state index contributed by atoms with van der Waals surface area (Å²) in [6, 6.07) is 25.0. The number of nitrogens with one attached hydrogen (secondary N) is 1. The van der Waals surface area contributed by atoms with Crippen molar-refractivity contribution in [3.8, 4) is 5.75 Å². The zero-order chi connectivity index (χ0) is 33.2. The fourth-order valence-corrected chi connectivity index (χ4v) is 5.85. The summed E-state index contributed by atoms with van der Waals surface area (Å²) < 4.78 is 11.8. The molecular formula is C39H46N4O4. The summed E-state index contributed by atoms with van der Waals surface area (Å²) in [5.41, 5.74) is 6.17. The number of fused-ring (bicyclic) bond motifs is 1. The minimum Gasteiger partial charge on any atom is -0.492 e. The van der Waals surface area contributed by atoms with Gasteiger partial charge >= 0.3 is 6.09 Å². The van der Waals surface area contributed by atoms with Gasteiger partial charge in [0.2, 0.25) is 5.91 Å². The van der Waals surface area contributed by atoms with Gasteiger partial charge in [0.1, 0.15) is 18.0 Å². The van der Waals surface area contributed by atoms with Crippen LogP contribution in [0, 0.1) is 0 Å². The Labute approximate surface area is 278 Å². The maximum Gasteiger partial charge on any atom is 0.410 e. The van der Waals surface area contributed by atoms with Crippen LogP contribution in [0.25, 0.3) is 22.0 Å². The van der Waals surface area contributed by atoms with Crippen LogP contribution in [-0.2, 0) is 9.53 Å². The second kappa shape index (κ2) is 15.6. The fourth-order valence-electron chi connectivity index (χ4n) is 5.85.